The predicted octanol–water partition coefficient (Wildman–Crippen LogP) is 1.95. The maximum absolute atomic E-state index is 11.1. The number of hydrogen-bond donors (Lipinski definition) is 1. The summed E-state index contributed by atoms with van der Waals surface area (Å²) < 4.78 is 16.0. The number of carbonyl (C=O) groups is 1. The Morgan fingerprint density at radius 1 is 1.56 bits per heavy atom. The molecule has 1 unspecified atom stereocenters. The molecule has 5 heteroatoms. The van der Waals surface area contributed by atoms with Gasteiger partial charge in [-0.2, -0.15) is 0 Å². The Morgan fingerprint density at radius 2 is 2.39 bits per heavy atom. The van der Waals surface area contributed by atoms with E-state index in [0.717, 1.165) is 19.4 Å². The first-order valence-electron chi connectivity index (χ1n) is 5.86. The third kappa shape index (κ3) is 2.92. The summed E-state index contributed by atoms with van der Waals surface area (Å²) in [5.41, 5.74) is 0.133. The molecule has 0 spiro atoms. The Morgan fingerprint density at radius 3 is 3.00 bits per heavy atom. The van der Waals surface area contributed by atoms with Crippen LogP contribution < -0.4 is 9.47 Å². The molecular formula is C13H16O5. The Hall–Kier alpha value is -1.75. The average Bonchev–Trinajstić information content (AvgIpc) is 2.88. The fourth-order valence-corrected chi connectivity index (χ4v) is 1.88. The number of rotatable bonds is 5. The van der Waals surface area contributed by atoms with E-state index in [1.54, 1.807) is 12.1 Å². The minimum absolute atomic E-state index is 0.0536. The van der Waals surface area contributed by atoms with E-state index in [2.05, 4.69) is 0 Å². The molecule has 1 atom stereocenters. The highest BCUT2D eigenvalue weighted by Gasteiger charge is 2.18. The summed E-state index contributed by atoms with van der Waals surface area (Å²) in [6.45, 7) is 1.12. The first kappa shape index (κ1) is 12.7. The Balaban J connectivity index is 2.10. The topological polar surface area (TPSA) is 65.0 Å². The lowest BCUT2D eigenvalue weighted by atomic mass is 10.2. The molecule has 1 heterocycles. The molecule has 0 amide bonds. The number of carboxylic acids is 1. The third-order valence-corrected chi connectivity index (χ3v) is 2.87. The lowest BCUT2D eigenvalue weighted by Crippen LogP contribution is -2.17. The van der Waals surface area contributed by atoms with Gasteiger partial charge in [-0.15, -0.1) is 0 Å². The smallest absolute Gasteiger partial charge is 0.339 e. The largest absolute Gasteiger partial charge is 0.497 e. The molecular weight excluding hydrogens is 236 g/mol. The van der Waals surface area contributed by atoms with Crippen molar-refractivity contribution in [1.82, 2.24) is 0 Å². The number of hydrogen-bond acceptors (Lipinski definition) is 4. The van der Waals surface area contributed by atoms with Gasteiger partial charge in [-0.1, -0.05) is 0 Å². The van der Waals surface area contributed by atoms with Gasteiger partial charge in [0.2, 0.25) is 0 Å². The minimum atomic E-state index is -1.01. The summed E-state index contributed by atoms with van der Waals surface area (Å²) in [5, 5.41) is 9.07. The SMILES string of the molecule is COc1ccc(C(=O)O)c(OCC2CCCO2)c1. The van der Waals surface area contributed by atoms with Gasteiger partial charge in [-0.05, 0) is 25.0 Å². The molecule has 0 saturated carbocycles. The quantitative estimate of drug-likeness (QED) is 0.867. The lowest BCUT2D eigenvalue weighted by Gasteiger charge is -2.14. The van der Waals surface area contributed by atoms with Crippen LogP contribution in [-0.2, 0) is 4.74 Å². The van der Waals surface area contributed by atoms with Gasteiger partial charge in [0, 0.05) is 12.7 Å². The second kappa shape index (κ2) is 5.73. The van der Waals surface area contributed by atoms with E-state index in [0.29, 0.717) is 18.1 Å². The van der Waals surface area contributed by atoms with E-state index >= 15 is 0 Å². The van der Waals surface area contributed by atoms with E-state index in [1.165, 1.54) is 13.2 Å². The summed E-state index contributed by atoms with van der Waals surface area (Å²) in [5.74, 6) is -0.125. The summed E-state index contributed by atoms with van der Waals surface area (Å²) >= 11 is 0. The second-order valence-electron chi connectivity index (χ2n) is 4.11. The summed E-state index contributed by atoms with van der Waals surface area (Å²) in [6.07, 6.45) is 2.03. The van der Waals surface area contributed by atoms with Crippen LogP contribution in [0.2, 0.25) is 0 Å². The molecule has 0 radical (unpaired) electrons. The zero-order valence-electron chi connectivity index (χ0n) is 10.2. The van der Waals surface area contributed by atoms with Crippen LogP contribution >= 0.6 is 0 Å². The van der Waals surface area contributed by atoms with Gasteiger partial charge in [0.25, 0.3) is 0 Å². The normalized spacial score (nSPS) is 18.6. The van der Waals surface area contributed by atoms with Crippen molar-refractivity contribution in [2.75, 3.05) is 20.3 Å². The average molecular weight is 252 g/mol. The van der Waals surface area contributed by atoms with Gasteiger partial charge in [-0.25, -0.2) is 4.79 Å². The van der Waals surface area contributed by atoms with Crippen molar-refractivity contribution in [3.63, 3.8) is 0 Å². The molecule has 0 aromatic heterocycles. The highest BCUT2D eigenvalue weighted by atomic mass is 16.5. The highest BCUT2D eigenvalue weighted by molar-refractivity contribution is 5.91. The van der Waals surface area contributed by atoms with E-state index in [9.17, 15) is 4.79 Å². The fraction of sp³-hybridized carbons (Fsp3) is 0.462. The molecule has 1 aliphatic heterocycles. The van der Waals surface area contributed by atoms with Crippen LogP contribution in [0.4, 0.5) is 0 Å². The number of ether oxygens (including phenoxy) is 3. The predicted molar refractivity (Wildman–Crippen MR) is 64.4 cm³/mol. The van der Waals surface area contributed by atoms with Gasteiger partial charge in [-0.3, -0.25) is 0 Å². The third-order valence-electron chi connectivity index (χ3n) is 2.87. The maximum atomic E-state index is 11.1. The molecule has 2 rings (SSSR count). The van der Waals surface area contributed by atoms with Crippen molar-refractivity contribution in [2.24, 2.45) is 0 Å². The van der Waals surface area contributed by atoms with Gasteiger partial charge in [0.15, 0.2) is 0 Å². The molecule has 1 saturated heterocycles. The van der Waals surface area contributed by atoms with Crippen molar-refractivity contribution in [2.45, 2.75) is 18.9 Å². The summed E-state index contributed by atoms with van der Waals surface area (Å²) in [6, 6.07) is 4.66. The standard InChI is InChI=1S/C13H16O5/c1-16-9-4-5-11(13(14)15)12(7-9)18-8-10-3-2-6-17-10/h4-5,7,10H,2-3,6,8H2,1H3,(H,14,15). The van der Waals surface area contributed by atoms with Crippen LogP contribution in [0.1, 0.15) is 23.2 Å². The Kier molecular flexibility index (Phi) is 4.04. The van der Waals surface area contributed by atoms with Gasteiger partial charge < -0.3 is 19.3 Å². The first-order chi connectivity index (χ1) is 8.70. The van der Waals surface area contributed by atoms with E-state index in [4.69, 9.17) is 19.3 Å². The van der Waals surface area contributed by atoms with E-state index < -0.39 is 5.97 Å². The number of methoxy groups -OCH3 is 1. The van der Waals surface area contributed by atoms with Crippen LogP contribution in [0, 0.1) is 0 Å². The van der Waals surface area contributed by atoms with Gasteiger partial charge in [0.05, 0.1) is 13.2 Å². The molecule has 18 heavy (non-hydrogen) atoms. The second-order valence-corrected chi connectivity index (χ2v) is 4.11. The highest BCUT2D eigenvalue weighted by Crippen LogP contribution is 2.25. The van der Waals surface area contributed by atoms with Crippen molar-refractivity contribution >= 4 is 5.97 Å². The van der Waals surface area contributed by atoms with Gasteiger partial charge >= 0.3 is 5.97 Å². The maximum Gasteiger partial charge on any atom is 0.339 e. The molecule has 1 N–H and O–H groups in total. The zero-order valence-corrected chi connectivity index (χ0v) is 10.2. The summed E-state index contributed by atoms with van der Waals surface area (Å²) in [4.78, 5) is 11.1. The van der Waals surface area contributed by atoms with Crippen molar-refractivity contribution in [1.29, 1.82) is 0 Å². The zero-order chi connectivity index (χ0) is 13.0. The van der Waals surface area contributed by atoms with Crippen LogP contribution in [0.15, 0.2) is 18.2 Å². The molecule has 98 valence electrons. The number of aromatic carboxylic acids is 1. The van der Waals surface area contributed by atoms with Crippen LogP contribution in [-0.4, -0.2) is 37.5 Å². The molecule has 1 fully saturated rings. The monoisotopic (exact) mass is 252 g/mol. The Bertz CT molecular complexity index is 423. The van der Waals surface area contributed by atoms with Crippen LogP contribution in [0.3, 0.4) is 0 Å². The molecule has 1 aromatic carbocycles. The van der Waals surface area contributed by atoms with Gasteiger partial charge in [0.1, 0.15) is 23.7 Å². The minimum Gasteiger partial charge on any atom is -0.497 e. The number of carboxylic acid groups (broad SMARTS) is 1. The van der Waals surface area contributed by atoms with Crippen LogP contribution in [0.5, 0.6) is 11.5 Å². The van der Waals surface area contributed by atoms with Crippen molar-refractivity contribution in [3.8, 4) is 11.5 Å². The Labute approximate surface area is 105 Å². The fourth-order valence-electron chi connectivity index (χ4n) is 1.88. The number of benzene rings is 1. The molecule has 1 aliphatic rings. The molecule has 0 bridgehead atoms. The summed E-state index contributed by atoms with van der Waals surface area (Å²) in [7, 11) is 1.53. The van der Waals surface area contributed by atoms with Crippen molar-refractivity contribution < 1.29 is 24.1 Å². The molecule has 5 nitrogen and oxygen atoms in total. The van der Waals surface area contributed by atoms with Crippen molar-refractivity contribution in [3.05, 3.63) is 23.8 Å². The molecule has 1 aromatic rings. The van der Waals surface area contributed by atoms with E-state index in [1.807, 2.05) is 0 Å². The lowest BCUT2D eigenvalue weighted by molar-refractivity contribution is 0.0629. The van der Waals surface area contributed by atoms with Crippen LogP contribution in [0.25, 0.3) is 0 Å². The van der Waals surface area contributed by atoms with E-state index in [-0.39, 0.29) is 11.7 Å². The molecule has 0 aliphatic carbocycles. The first-order valence-corrected chi connectivity index (χ1v) is 5.86.